The van der Waals surface area contributed by atoms with Gasteiger partial charge in [0, 0.05) is 33.4 Å². The summed E-state index contributed by atoms with van der Waals surface area (Å²) in [4.78, 5) is 13.9. The maximum absolute atomic E-state index is 12.6. The Morgan fingerprint density at radius 2 is 1.27 bits per heavy atom. The number of rotatable bonds is 7. The van der Waals surface area contributed by atoms with Crippen molar-refractivity contribution >= 4 is 36.6 Å². The number of hydrogen-bond acceptors (Lipinski definition) is 4. The van der Waals surface area contributed by atoms with Gasteiger partial charge in [-0.2, -0.15) is 0 Å². The van der Waals surface area contributed by atoms with Gasteiger partial charge in [0.1, 0.15) is 23.4 Å². The summed E-state index contributed by atoms with van der Waals surface area (Å²) in [6.45, 7) is -0.0577. The van der Waals surface area contributed by atoms with Gasteiger partial charge in [-0.15, -0.1) is 0 Å². The number of benzene rings is 4. The maximum Gasteiger partial charge on any atom is 0.344 e. The van der Waals surface area contributed by atoms with Crippen molar-refractivity contribution in [3.63, 3.8) is 0 Å². The van der Waals surface area contributed by atoms with Gasteiger partial charge in [0.05, 0.1) is 0 Å². The first-order valence-corrected chi connectivity index (χ1v) is 16.0. The molecule has 3 bridgehead atoms. The van der Waals surface area contributed by atoms with Gasteiger partial charge in [0.25, 0.3) is 0 Å². The lowest BCUT2D eigenvalue weighted by Gasteiger charge is -2.35. The summed E-state index contributed by atoms with van der Waals surface area (Å²) >= 11 is 0. The molecule has 0 spiro atoms. The van der Waals surface area contributed by atoms with Gasteiger partial charge in [0.15, 0.2) is 20.9 Å². The molecular weight excluding hydrogens is 528 g/mol. The quantitative estimate of drug-likeness (QED) is 0.147. The van der Waals surface area contributed by atoms with Crippen molar-refractivity contribution in [2.75, 3.05) is 6.61 Å². The fraction of sp³-hybridized carbons (Fsp3) is 0.306. The molecule has 0 radical (unpaired) electrons. The first-order chi connectivity index (χ1) is 20.2. The number of carbonyl (C=O) groups is 1. The Balaban J connectivity index is 0.901. The Hall–Kier alpha value is -3.83. The zero-order chi connectivity index (χ0) is 27.3. The molecule has 4 nitrogen and oxygen atoms in total. The lowest BCUT2D eigenvalue weighted by molar-refractivity contribution is -0.157. The highest BCUT2D eigenvalue weighted by Crippen LogP contribution is 2.57. The third-order valence-electron chi connectivity index (χ3n) is 9.63. The first-order valence-electron chi connectivity index (χ1n) is 14.8. The summed E-state index contributed by atoms with van der Waals surface area (Å²) in [5.41, 5.74) is 0. The van der Waals surface area contributed by atoms with E-state index < -0.39 is 0 Å². The average Bonchev–Trinajstić information content (AvgIpc) is 3.41. The van der Waals surface area contributed by atoms with Crippen LogP contribution < -0.4 is 9.47 Å². The Morgan fingerprint density at radius 1 is 0.659 bits per heavy atom. The number of carbonyl (C=O) groups excluding carboxylic acids is 1. The van der Waals surface area contributed by atoms with Crippen LogP contribution >= 0.6 is 10.5 Å². The molecule has 0 aliphatic heterocycles. The van der Waals surface area contributed by atoms with Crippen LogP contribution in [0.2, 0.25) is 0 Å². The lowest BCUT2D eigenvalue weighted by atomic mass is 9.76. The van der Waals surface area contributed by atoms with Crippen LogP contribution in [-0.2, 0) is 9.53 Å². The standard InChI is InChI=1S/C36H33O4S/c37-36(40-33-21-24-20-25-19-23(24)9-18-30(25)33)22-38-26-10-12-27(13-11-26)39-28-14-16-29(17-15-28)41-34-7-3-1-5-31(34)32-6-2-4-8-35(32)41/h1-8,10-17,23-25,30,33H,9,18-22H2/q+1. The van der Waals surface area contributed by atoms with E-state index in [9.17, 15) is 4.79 Å². The molecule has 0 N–H and O–H groups in total. The number of fused-ring (bicyclic) bond motifs is 6. The van der Waals surface area contributed by atoms with Crippen molar-refractivity contribution in [2.45, 2.75) is 38.2 Å². The van der Waals surface area contributed by atoms with Gasteiger partial charge in [-0.25, -0.2) is 4.79 Å². The van der Waals surface area contributed by atoms with Crippen molar-refractivity contribution < 1.29 is 19.0 Å². The van der Waals surface area contributed by atoms with E-state index in [0.717, 1.165) is 35.7 Å². The molecule has 0 saturated heterocycles. The summed E-state index contributed by atoms with van der Waals surface area (Å²) in [6.07, 6.45) is 6.37. The molecule has 206 valence electrons. The third-order valence-corrected chi connectivity index (χ3v) is 12.0. The normalized spacial score (nSPS) is 24.5. The monoisotopic (exact) mass is 561 g/mol. The zero-order valence-electron chi connectivity index (χ0n) is 22.9. The van der Waals surface area contributed by atoms with E-state index in [0.29, 0.717) is 11.7 Å². The average molecular weight is 562 g/mol. The fourth-order valence-electron chi connectivity index (χ4n) is 7.83. The molecule has 3 fully saturated rings. The van der Waals surface area contributed by atoms with E-state index >= 15 is 0 Å². The van der Waals surface area contributed by atoms with Gasteiger partial charge in [0.2, 0.25) is 0 Å². The van der Waals surface area contributed by atoms with Crippen LogP contribution in [0.5, 0.6) is 17.2 Å². The molecule has 5 heteroatoms. The summed E-state index contributed by atoms with van der Waals surface area (Å²) in [5, 5.41) is 2.66. The Morgan fingerprint density at radius 3 is 1.98 bits per heavy atom. The van der Waals surface area contributed by atoms with Gasteiger partial charge in [-0.1, -0.05) is 24.3 Å². The maximum atomic E-state index is 12.6. The van der Waals surface area contributed by atoms with Crippen molar-refractivity contribution in [1.82, 2.24) is 0 Å². The lowest BCUT2D eigenvalue weighted by Crippen LogP contribution is -2.36. The molecule has 3 aliphatic carbocycles. The molecule has 5 aromatic rings. The second-order valence-corrected chi connectivity index (χ2v) is 13.9. The highest BCUT2D eigenvalue weighted by molar-refractivity contribution is 7.50. The third kappa shape index (κ3) is 4.57. The molecule has 1 aromatic heterocycles. The van der Waals surface area contributed by atoms with Crippen LogP contribution in [-0.4, -0.2) is 18.7 Å². The number of hydrogen-bond donors (Lipinski definition) is 0. The van der Waals surface area contributed by atoms with Crippen LogP contribution in [0.4, 0.5) is 0 Å². The predicted octanol–water partition coefficient (Wildman–Crippen LogP) is 9.27. The number of esters is 1. The first kappa shape index (κ1) is 24.9. The minimum Gasteiger partial charge on any atom is -0.482 e. The smallest absolute Gasteiger partial charge is 0.344 e. The van der Waals surface area contributed by atoms with Crippen molar-refractivity contribution in [3.8, 4) is 22.1 Å². The van der Waals surface area contributed by atoms with Gasteiger partial charge in [-0.3, -0.25) is 0 Å². The minimum atomic E-state index is -0.256. The topological polar surface area (TPSA) is 44.8 Å². The highest BCUT2D eigenvalue weighted by Gasteiger charge is 2.51. The molecule has 1 heterocycles. The Labute approximate surface area is 242 Å². The Bertz CT molecular complexity index is 1670. The molecule has 0 amide bonds. The van der Waals surface area contributed by atoms with Crippen molar-refractivity contribution in [2.24, 2.45) is 23.7 Å². The second-order valence-electron chi connectivity index (χ2n) is 11.9. The van der Waals surface area contributed by atoms with Crippen LogP contribution in [0, 0.1) is 23.7 Å². The van der Waals surface area contributed by atoms with Crippen LogP contribution in [0.25, 0.3) is 25.1 Å². The zero-order valence-corrected chi connectivity index (χ0v) is 23.7. The largest absolute Gasteiger partial charge is 0.482 e. The van der Waals surface area contributed by atoms with Crippen LogP contribution in [0.1, 0.15) is 32.1 Å². The van der Waals surface area contributed by atoms with E-state index in [1.807, 2.05) is 36.4 Å². The molecule has 5 unspecified atom stereocenters. The molecule has 3 aliphatic rings. The summed E-state index contributed by atoms with van der Waals surface area (Å²) in [5.74, 6) is 4.85. The summed E-state index contributed by atoms with van der Waals surface area (Å²) < 4.78 is 20.6. The minimum absolute atomic E-state index is 0.0577. The van der Waals surface area contributed by atoms with E-state index in [2.05, 4.69) is 60.7 Å². The van der Waals surface area contributed by atoms with E-state index in [1.165, 1.54) is 50.8 Å². The molecule has 4 aromatic carbocycles. The summed E-state index contributed by atoms with van der Waals surface area (Å²) in [7, 11) is -0.119. The number of ether oxygens (including phenoxy) is 3. The van der Waals surface area contributed by atoms with Gasteiger partial charge >= 0.3 is 5.97 Å². The highest BCUT2D eigenvalue weighted by atomic mass is 32.2. The second kappa shape index (κ2) is 10.2. The van der Waals surface area contributed by atoms with Crippen LogP contribution in [0.3, 0.4) is 0 Å². The van der Waals surface area contributed by atoms with E-state index in [1.54, 1.807) is 0 Å². The fourth-order valence-corrected chi connectivity index (χ4v) is 10.2. The Kier molecular flexibility index (Phi) is 6.21. The van der Waals surface area contributed by atoms with Gasteiger partial charge < -0.3 is 14.2 Å². The molecule has 41 heavy (non-hydrogen) atoms. The predicted molar refractivity (Wildman–Crippen MR) is 164 cm³/mol. The number of thiophene rings is 1. The summed E-state index contributed by atoms with van der Waals surface area (Å²) in [6, 6.07) is 33.3. The van der Waals surface area contributed by atoms with E-state index in [4.69, 9.17) is 14.2 Å². The van der Waals surface area contributed by atoms with E-state index in [-0.39, 0.29) is 29.2 Å². The van der Waals surface area contributed by atoms with Crippen molar-refractivity contribution in [1.29, 1.82) is 0 Å². The SMILES string of the molecule is O=C(COc1ccc(Oc2ccc(-[s+]3c4ccccc4c4ccccc43)cc2)cc1)OC1CC2CC3CC2CCC31. The van der Waals surface area contributed by atoms with Crippen molar-refractivity contribution in [3.05, 3.63) is 97.1 Å². The van der Waals surface area contributed by atoms with Gasteiger partial charge in [-0.05, 0) is 116 Å². The molecule has 5 atom stereocenters. The van der Waals surface area contributed by atoms with Crippen LogP contribution in [0.15, 0.2) is 97.1 Å². The molecular formula is C36H33O4S+. The molecule has 8 rings (SSSR count). The molecule has 3 saturated carbocycles.